The van der Waals surface area contributed by atoms with Crippen LogP contribution in [0.2, 0.25) is 0 Å². The van der Waals surface area contributed by atoms with Gasteiger partial charge >= 0.3 is 0 Å². The second-order valence-electron chi connectivity index (χ2n) is 15.0. The van der Waals surface area contributed by atoms with Gasteiger partial charge in [-0.15, -0.1) is 0 Å². The van der Waals surface area contributed by atoms with E-state index in [1.807, 2.05) is 0 Å². The maximum absolute atomic E-state index is 2.42. The topological polar surface area (TPSA) is 3.24 Å². The molecule has 9 rings (SSSR count). The highest BCUT2D eigenvalue weighted by molar-refractivity contribution is 5.91. The lowest BCUT2D eigenvalue weighted by Crippen LogP contribution is -2.17. The van der Waals surface area contributed by atoms with Gasteiger partial charge in [-0.2, -0.15) is 0 Å². The molecule has 0 spiro atoms. The molecule has 7 aromatic rings. The average Bonchev–Trinajstić information content (AvgIpc) is 3.53. The minimum absolute atomic E-state index is 0.0761. The van der Waals surface area contributed by atoms with Gasteiger partial charge in [-0.1, -0.05) is 149 Å². The van der Waals surface area contributed by atoms with Gasteiger partial charge in [0, 0.05) is 27.9 Å². The fraction of sp³-hybridized carbons (Fsp3) is 0.143. The molecule has 1 nitrogen and oxygen atoms in total. The number of hydrogen-bond acceptors (Lipinski definition) is 1. The lowest BCUT2D eigenvalue weighted by molar-refractivity contribution is 0.660. The number of aryl methyl sites for hydroxylation is 1. The molecule has 2 aliphatic carbocycles. The van der Waals surface area contributed by atoms with Crippen LogP contribution in [0.4, 0.5) is 17.1 Å². The number of anilines is 3. The largest absolute Gasteiger partial charge is 0.310 e. The Morgan fingerprint density at radius 3 is 1.56 bits per heavy atom. The van der Waals surface area contributed by atoms with Crippen molar-refractivity contribution < 1.29 is 0 Å². The second-order valence-corrected chi connectivity index (χ2v) is 15.0. The summed E-state index contributed by atoms with van der Waals surface area (Å²) >= 11 is 0. The summed E-state index contributed by atoms with van der Waals surface area (Å²) in [7, 11) is 0. The molecule has 242 valence electrons. The van der Waals surface area contributed by atoms with E-state index in [-0.39, 0.29) is 10.8 Å². The number of benzene rings is 7. The molecule has 1 heteroatoms. The number of fused-ring (bicyclic) bond motifs is 6. The van der Waals surface area contributed by atoms with E-state index in [4.69, 9.17) is 0 Å². The smallest absolute Gasteiger partial charge is 0.0465 e. The Bertz CT molecular complexity index is 2410. The van der Waals surface area contributed by atoms with Crippen molar-refractivity contribution in [2.75, 3.05) is 4.90 Å². The summed E-state index contributed by atoms with van der Waals surface area (Å²) in [6.45, 7) is 11.7. The first-order chi connectivity index (χ1) is 24.2. The molecule has 0 radical (unpaired) electrons. The van der Waals surface area contributed by atoms with Crippen LogP contribution >= 0.6 is 0 Å². The van der Waals surface area contributed by atoms with Crippen LogP contribution in [-0.2, 0) is 10.8 Å². The Kier molecular flexibility index (Phi) is 6.80. The van der Waals surface area contributed by atoms with Crippen molar-refractivity contribution in [2.24, 2.45) is 0 Å². The van der Waals surface area contributed by atoms with Gasteiger partial charge in [-0.3, -0.25) is 0 Å². The van der Waals surface area contributed by atoms with Crippen LogP contribution in [-0.4, -0.2) is 0 Å². The van der Waals surface area contributed by atoms with Crippen molar-refractivity contribution >= 4 is 17.1 Å². The summed E-state index contributed by atoms with van der Waals surface area (Å²) in [6, 6.07) is 58.4. The van der Waals surface area contributed by atoms with Crippen LogP contribution in [0.5, 0.6) is 0 Å². The Morgan fingerprint density at radius 1 is 0.380 bits per heavy atom. The molecule has 0 aliphatic heterocycles. The van der Waals surface area contributed by atoms with Crippen LogP contribution in [0.25, 0.3) is 44.5 Å². The first kappa shape index (κ1) is 30.4. The first-order valence-electron chi connectivity index (χ1n) is 17.8. The fourth-order valence-electron chi connectivity index (χ4n) is 8.83. The highest BCUT2D eigenvalue weighted by atomic mass is 15.1. The van der Waals surface area contributed by atoms with Gasteiger partial charge < -0.3 is 4.90 Å². The lowest BCUT2D eigenvalue weighted by Gasteiger charge is -2.29. The molecule has 0 aromatic heterocycles. The van der Waals surface area contributed by atoms with Crippen LogP contribution in [0.15, 0.2) is 158 Å². The third-order valence-corrected chi connectivity index (χ3v) is 11.4. The maximum atomic E-state index is 2.42. The van der Waals surface area contributed by atoms with Gasteiger partial charge in [-0.25, -0.2) is 0 Å². The quantitative estimate of drug-likeness (QED) is 0.180. The molecule has 0 N–H and O–H groups in total. The molecule has 2 aliphatic rings. The molecule has 0 fully saturated rings. The molecular weight excluding hydrogens is 603 g/mol. The second kappa shape index (κ2) is 11.2. The minimum Gasteiger partial charge on any atom is -0.310 e. The van der Waals surface area contributed by atoms with E-state index in [0.29, 0.717) is 0 Å². The summed E-state index contributed by atoms with van der Waals surface area (Å²) in [5.74, 6) is 0. The van der Waals surface area contributed by atoms with E-state index < -0.39 is 0 Å². The number of nitrogens with zero attached hydrogens (tertiary/aromatic N) is 1. The molecule has 0 heterocycles. The van der Waals surface area contributed by atoms with E-state index in [0.717, 1.165) is 17.1 Å². The number of hydrogen-bond donors (Lipinski definition) is 0. The summed E-state index contributed by atoms with van der Waals surface area (Å²) in [6.07, 6.45) is 0. The molecular formula is C49H41N. The van der Waals surface area contributed by atoms with Gasteiger partial charge in [-0.05, 0) is 116 Å². The summed E-state index contributed by atoms with van der Waals surface area (Å²) in [4.78, 5) is 2.41. The lowest BCUT2D eigenvalue weighted by atomic mass is 9.78. The normalized spacial score (nSPS) is 14.4. The fourth-order valence-corrected chi connectivity index (χ4v) is 8.83. The third-order valence-electron chi connectivity index (χ3n) is 11.4. The minimum atomic E-state index is -0.0785. The van der Waals surface area contributed by atoms with Gasteiger partial charge in [0.05, 0.1) is 0 Å². The van der Waals surface area contributed by atoms with Crippen molar-refractivity contribution in [3.8, 4) is 44.5 Å². The molecule has 0 saturated carbocycles. The SMILES string of the molecule is Cc1ccc(-c2ccc(N(c3ccc(-c4ccccc4)cc3)c3ccc4c(c3)C(C)(C)c3ccccc3-4)cc2)c2c1-c1ccccc1C2(C)C. The zero-order chi connectivity index (χ0) is 34.2. The maximum Gasteiger partial charge on any atom is 0.0465 e. The number of rotatable bonds is 5. The van der Waals surface area contributed by atoms with Crippen LogP contribution < -0.4 is 4.90 Å². The van der Waals surface area contributed by atoms with E-state index in [9.17, 15) is 0 Å². The van der Waals surface area contributed by atoms with Crippen LogP contribution in [0, 0.1) is 6.92 Å². The molecule has 0 atom stereocenters. The van der Waals surface area contributed by atoms with Gasteiger partial charge in [0.1, 0.15) is 0 Å². The van der Waals surface area contributed by atoms with Crippen LogP contribution in [0.1, 0.15) is 55.5 Å². The standard InChI is InChI=1S/C49H41N/c1-32-19-29-39(47-46(32)42-16-10-12-18-44(42)49(47,4)5)35-22-26-37(27-23-35)50(36-24-20-34(21-25-36)33-13-7-6-8-14-33)38-28-30-41-40-15-9-11-17-43(40)48(2,3)45(41)31-38/h6-31H,1-5H3. The average molecular weight is 644 g/mol. The molecule has 7 aromatic carbocycles. The monoisotopic (exact) mass is 643 g/mol. The van der Waals surface area contributed by atoms with Crippen molar-refractivity contribution in [3.63, 3.8) is 0 Å². The van der Waals surface area contributed by atoms with E-state index in [2.05, 4.69) is 197 Å². The van der Waals surface area contributed by atoms with E-state index in [1.165, 1.54) is 72.3 Å². The summed E-state index contributed by atoms with van der Waals surface area (Å²) in [5.41, 5.74) is 20.7. The van der Waals surface area contributed by atoms with Crippen molar-refractivity contribution in [1.82, 2.24) is 0 Å². The van der Waals surface area contributed by atoms with Gasteiger partial charge in [0.2, 0.25) is 0 Å². The summed E-state index contributed by atoms with van der Waals surface area (Å²) in [5, 5.41) is 0. The van der Waals surface area contributed by atoms with Crippen molar-refractivity contribution in [1.29, 1.82) is 0 Å². The molecule has 0 unspecified atom stereocenters. The Balaban J connectivity index is 1.16. The van der Waals surface area contributed by atoms with Gasteiger partial charge in [0.25, 0.3) is 0 Å². The molecule has 0 bridgehead atoms. The zero-order valence-corrected chi connectivity index (χ0v) is 29.5. The van der Waals surface area contributed by atoms with E-state index in [1.54, 1.807) is 0 Å². The Morgan fingerprint density at radius 2 is 0.880 bits per heavy atom. The first-order valence-corrected chi connectivity index (χ1v) is 17.8. The van der Waals surface area contributed by atoms with Crippen LogP contribution in [0.3, 0.4) is 0 Å². The zero-order valence-electron chi connectivity index (χ0n) is 29.5. The van der Waals surface area contributed by atoms with Gasteiger partial charge in [0.15, 0.2) is 0 Å². The predicted molar refractivity (Wildman–Crippen MR) is 212 cm³/mol. The highest BCUT2D eigenvalue weighted by Crippen LogP contribution is 2.54. The van der Waals surface area contributed by atoms with Crippen molar-refractivity contribution in [2.45, 2.75) is 45.4 Å². The highest BCUT2D eigenvalue weighted by Gasteiger charge is 2.38. The Labute approximate surface area is 296 Å². The predicted octanol–water partition coefficient (Wildman–Crippen LogP) is 13.4. The summed E-state index contributed by atoms with van der Waals surface area (Å²) < 4.78 is 0. The van der Waals surface area contributed by atoms with Crippen molar-refractivity contribution in [3.05, 3.63) is 186 Å². The molecule has 50 heavy (non-hydrogen) atoms. The Hall–Kier alpha value is -5.66. The third kappa shape index (κ3) is 4.53. The molecule has 0 saturated heterocycles. The van der Waals surface area contributed by atoms with E-state index >= 15 is 0 Å². The molecule has 0 amide bonds.